The minimum Gasteiger partial charge on any atom is -0.309 e. The first-order valence-electron chi connectivity index (χ1n) is 9.08. The summed E-state index contributed by atoms with van der Waals surface area (Å²) in [5, 5.41) is 2.89. The van der Waals surface area contributed by atoms with Gasteiger partial charge in [0.05, 0.1) is 16.3 Å². The van der Waals surface area contributed by atoms with Crippen LogP contribution in [0.15, 0.2) is 35.1 Å². The van der Waals surface area contributed by atoms with Crippen LogP contribution in [0.25, 0.3) is 11.3 Å². The highest BCUT2D eigenvalue weighted by Crippen LogP contribution is 2.31. The Bertz CT molecular complexity index is 1140. The number of rotatable bonds is 4. The third-order valence-electron chi connectivity index (χ3n) is 4.25. The molecule has 3 rings (SSSR count). The number of nitrogens with zero attached hydrogens (tertiary/aromatic N) is 2. The minimum atomic E-state index is -0.611. The van der Waals surface area contributed by atoms with Gasteiger partial charge < -0.3 is 4.98 Å². The number of H-pyrrole nitrogens is 1. The van der Waals surface area contributed by atoms with E-state index in [0.717, 1.165) is 16.9 Å². The lowest BCUT2D eigenvalue weighted by molar-refractivity contribution is 0.101. The maximum atomic E-state index is 12.8. The van der Waals surface area contributed by atoms with Gasteiger partial charge in [0.15, 0.2) is 10.9 Å². The summed E-state index contributed by atoms with van der Waals surface area (Å²) < 4.78 is 0. The summed E-state index contributed by atoms with van der Waals surface area (Å²) in [5.41, 5.74) is 0.688. The number of Topliss-reactive ketones (excluding diaryl/α,β-unsaturated/α-hetero) is 1. The second-order valence-corrected chi connectivity index (χ2v) is 8.70. The number of aromatic amines is 1. The maximum Gasteiger partial charge on any atom is 0.264 e. The zero-order chi connectivity index (χ0) is 21.3. The molecule has 0 saturated carbocycles. The lowest BCUT2D eigenvalue weighted by atomic mass is 9.95. The van der Waals surface area contributed by atoms with Crippen LogP contribution in [-0.2, 0) is 5.41 Å². The Labute approximate surface area is 172 Å². The van der Waals surface area contributed by atoms with Gasteiger partial charge in [-0.2, -0.15) is 0 Å². The molecule has 0 aliphatic carbocycles. The highest BCUT2D eigenvalue weighted by Gasteiger charge is 2.24. The van der Waals surface area contributed by atoms with Crippen molar-refractivity contribution in [3.63, 3.8) is 0 Å². The number of benzene rings is 1. The molecule has 3 aromatic rings. The molecule has 150 valence electrons. The predicted octanol–water partition coefficient (Wildman–Crippen LogP) is 3.95. The second kappa shape index (κ2) is 7.71. The number of nitrogens with one attached hydrogen (secondary N) is 2. The van der Waals surface area contributed by atoms with E-state index in [4.69, 9.17) is 0 Å². The molecular weight excluding hydrogens is 388 g/mol. The molecule has 2 N–H and O–H groups in total. The van der Waals surface area contributed by atoms with E-state index in [1.807, 2.05) is 51.1 Å². The van der Waals surface area contributed by atoms with Crippen LogP contribution in [0.5, 0.6) is 0 Å². The maximum absolute atomic E-state index is 12.8. The van der Waals surface area contributed by atoms with Crippen LogP contribution in [0.4, 0.5) is 5.13 Å². The van der Waals surface area contributed by atoms with Crippen LogP contribution in [0, 0.1) is 6.92 Å². The number of anilines is 1. The normalized spacial score (nSPS) is 11.3. The van der Waals surface area contributed by atoms with Crippen LogP contribution in [-0.4, -0.2) is 26.6 Å². The van der Waals surface area contributed by atoms with E-state index in [2.05, 4.69) is 20.3 Å². The molecule has 1 aromatic carbocycles. The largest absolute Gasteiger partial charge is 0.309 e. The molecule has 0 atom stereocenters. The lowest BCUT2D eigenvalue weighted by Gasteiger charge is -2.18. The molecule has 0 unspecified atom stereocenters. The van der Waals surface area contributed by atoms with Crippen LogP contribution in [0.3, 0.4) is 0 Å². The number of hydrogen-bond acceptors (Lipinski definition) is 6. The van der Waals surface area contributed by atoms with Gasteiger partial charge >= 0.3 is 0 Å². The lowest BCUT2D eigenvalue weighted by Crippen LogP contribution is -2.30. The van der Waals surface area contributed by atoms with Crippen molar-refractivity contribution in [2.24, 2.45) is 0 Å². The molecule has 0 radical (unpaired) electrons. The Morgan fingerprint density at radius 1 is 1.10 bits per heavy atom. The fraction of sp³-hybridized carbons (Fsp3) is 0.286. The average molecular weight is 410 g/mol. The number of aromatic nitrogens is 3. The van der Waals surface area contributed by atoms with Crippen LogP contribution < -0.4 is 10.9 Å². The van der Waals surface area contributed by atoms with Gasteiger partial charge in [-0.15, -0.1) is 0 Å². The van der Waals surface area contributed by atoms with Crippen molar-refractivity contribution in [3.05, 3.63) is 62.6 Å². The minimum absolute atomic E-state index is 0.0705. The molecular formula is C21H22N4O3S. The molecule has 2 heterocycles. The predicted molar refractivity (Wildman–Crippen MR) is 114 cm³/mol. The fourth-order valence-corrected chi connectivity index (χ4v) is 3.65. The highest BCUT2D eigenvalue weighted by atomic mass is 32.1. The zero-order valence-corrected chi connectivity index (χ0v) is 17.7. The molecule has 7 nitrogen and oxygen atoms in total. The summed E-state index contributed by atoms with van der Waals surface area (Å²) in [4.78, 5) is 49.2. The van der Waals surface area contributed by atoms with Crippen molar-refractivity contribution in [1.82, 2.24) is 15.0 Å². The van der Waals surface area contributed by atoms with E-state index < -0.39 is 11.5 Å². The number of carbonyl (C=O) groups is 2. The van der Waals surface area contributed by atoms with E-state index in [1.54, 1.807) is 6.92 Å². The summed E-state index contributed by atoms with van der Waals surface area (Å²) in [5.74, 6) is -0.247. The first kappa shape index (κ1) is 20.6. The SMILES string of the molecule is CC(=O)c1sc(NC(=O)c2c(C)nc(C(C)(C)C)[nH]c2=O)nc1-c1ccccc1. The van der Waals surface area contributed by atoms with Gasteiger partial charge in [-0.1, -0.05) is 62.4 Å². The number of carbonyl (C=O) groups excluding carboxylic acids is 2. The fourth-order valence-electron chi connectivity index (χ4n) is 2.77. The first-order valence-corrected chi connectivity index (χ1v) is 9.89. The van der Waals surface area contributed by atoms with Crippen LogP contribution in [0.2, 0.25) is 0 Å². The number of thiazole rings is 1. The Hall–Kier alpha value is -3.13. The van der Waals surface area contributed by atoms with Gasteiger partial charge in [-0.3, -0.25) is 19.7 Å². The van der Waals surface area contributed by atoms with Crippen molar-refractivity contribution in [1.29, 1.82) is 0 Å². The summed E-state index contributed by atoms with van der Waals surface area (Å²) in [6, 6.07) is 9.26. The quantitative estimate of drug-likeness (QED) is 0.634. The van der Waals surface area contributed by atoms with Crippen molar-refractivity contribution in [3.8, 4) is 11.3 Å². The van der Waals surface area contributed by atoms with E-state index >= 15 is 0 Å². The van der Waals surface area contributed by atoms with Crippen molar-refractivity contribution in [2.45, 2.75) is 40.0 Å². The number of hydrogen-bond donors (Lipinski definition) is 2. The summed E-state index contributed by atoms with van der Waals surface area (Å²) >= 11 is 1.08. The Balaban J connectivity index is 1.96. The third-order valence-corrected chi connectivity index (χ3v) is 5.32. The molecule has 29 heavy (non-hydrogen) atoms. The van der Waals surface area contributed by atoms with Gasteiger partial charge in [-0.25, -0.2) is 9.97 Å². The molecule has 0 bridgehead atoms. The molecule has 0 aliphatic rings. The molecule has 0 spiro atoms. The van der Waals surface area contributed by atoms with Crippen LogP contribution in [0.1, 0.15) is 59.2 Å². The van der Waals surface area contributed by atoms with Crippen molar-refractivity contribution >= 4 is 28.2 Å². The number of amides is 1. The molecule has 1 amide bonds. The topological polar surface area (TPSA) is 105 Å². The number of aryl methyl sites for hydroxylation is 1. The van der Waals surface area contributed by atoms with E-state index in [1.165, 1.54) is 6.92 Å². The Morgan fingerprint density at radius 2 is 1.76 bits per heavy atom. The second-order valence-electron chi connectivity index (χ2n) is 7.70. The Kier molecular flexibility index (Phi) is 5.48. The molecule has 0 saturated heterocycles. The van der Waals surface area contributed by atoms with Crippen molar-refractivity contribution < 1.29 is 9.59 Å². The Morgan fingerprint density at radius 3 is 2.31 bits per heavy atom. The zero-order valence-electron chi connectivity index (χ0n) is 16.9. The van der Waals surface area contributed by atoms with Gasteiger partial charge in [0.2, 0.25) is 0 Å². The van der Waals surface area contributed by atoms with Crippen LogP contribution >= 0.6 is 11.3 Å². The summed E-state index contributed by atoms with van der Waals surface area (Å²) in [6.07, 6.45) is 0. The summed E-state index contributed by atoms with van der Waals surface area (Å²) in [6.45, 7) is 8.85. The van der Waals surface area contributed by atoms with Gasteiger partial charge in [-0.05, 0) is 6.92 Å². The third kappa shape index (κ3) is 4.32. The standard InChI is InChI=1S/C21H22N4O3S/c1-11-14(17(27)24-19(22-11)21(3,4)5)18(28)25-20-23-15(16(29-20)12(2)26)13-9-7-6-8-10-13/h6-10H,1-5H3,(H,22,24,27)(H,23,25,28). The van der Waals surface area contributed by atoms with E-state index in [-0.39, 0.29) is 21.9 Å². The first-order chi connectivity index (χ1) is 13.6. The van der Waals surface area contributed by atoms with Crippen molar-refractivity contribution in [2.75, 3.05) is 5.32 Å². The monoisotopic (exact) mass is 410 g/mol. The number of ketones is 1. The average Bonchev–Trinajstić information content (AvgIpc) is 3.05. The smallest absolute Gasteiger partial charge is 0.264 e. The molecule has 2 aromatic heterocycles. The van der Waals surface area contributed by atoms with Gasteiger partial charge in [0.1, 0.15) is 11.4 Å². The van der Waals surface area contributed by atoms with E-state index in [0.29, 0.717) is 22.1 Å². The molecule has 8 heteroatoms. The molecule has 0 aliphatic heterocycles. The van der Waals surface area contributed by atoms with Gasteiger partial charge in [0.25, 0.3) is 11.5 Å². The highest BCUT2D eigenvalue weighted by molar-refractivity contribution is 7.18. The summed E-state index contributed by atoms with van der Waals surface area (Å²) in [7, 11) is 0. The van der Waals surface area contributed by atoms with E-state index in [9.17, 15) is 14.4 Å². The van der Waals surface area contributed by atoms with Gasteiger partial charge in [0, 0.05) is 17.9 Å². The molecule has 0 fully saturated rings.